The van der Waals surface area contributed by atoms with E-state index in [-0.39, 0.29) is 5.91 Å². The molecule has 2 rings (SSSR count). The third-order valence-electron chi connectivity index (χ3n) is 5.36. The molecule has 28 heavy (non-hydrogen) atoms. The number of aromatic nitrogens is 1. The van der Waals surface area contributed by atoms with Crippen LogP contribution < -0.4 is 10.6 Å². The first kappa shape index (κ1) is 21.7. The Morgan fingerprint density at radius 3 is 2.61 bits per heavy atom. The largest absolute Gasteiger partial charge is 0.386 e. The fourth-order valence-corrected chi connectivity index (χ4v) is 3.18. The van der Waals surface area contributed by atoms with Crippen LogP contribution in [0.1, 0.15) is 63.6 Å². The van der Waals surface area contributed by atoms with E-state index in [2.05, 4.69) is 48.2 Å². The van der Waals surface area contributed by atoms with Gasteiger partial charge in [0, 0.05) is 48.7 Å². The number of amides is 1. The summed E-state index contributed by atoms with van der Waals surface area (Å²) in [6.45, 7) is 10.8. The van der Waals surface area contributed by atoms with Gasteiger partial charge in [-0.3, -0.25) is 9.78 Å². The van der Waals surface area contributed by atoms with E-state index >= 15 is 0 Å². The van der Waals surface area contributed by atoms with Gasteiger partial charge in [0.25, 0.3) is 5.91 Å². The summed E-state index contributed by atoms with van der Waals surface area (Å²) in [6.07, 6.45) is 12.6. The monoisotopic (exact) mass is 379 g/mol. The summed E-state index contributed by atoms with van der Waals surface area (Å²) < 4.78 is 0. The van der Waals surface area contributed by atoms with Crippen molar-refractivity contribution in [1.29, 1.82) is 0 Å². The second-order valence-electron chi connectivity index (χ2n) is 7.26. The molecule has 2 N–H and O–H groups in total. The second-order valence-corrected chi connectivity index (χ2v) is 7.26. The van der Waals surface area contributed by atoms with E-state index in [1.165, 1.54) is 30.5 Å². The van der Waals surface area contributed by atoms with Crippen molar-refractivity contribution in [3.05, 3.63) is 76.8 Å². The summed E-state index contributed by atoms with van der Waals surface area (Å²) >= 11 is 0. The van der Waals surface area contributed by atoms with Gasteiger partial charge >= 0.3 is 0 Å². The van der Waals surface area contributed by atoms with Crippen molar-refractivity contribution in [3.63, 3.8) is 0 Å². The van der Waals surface area contributed by atoms with Crippen LogP contribution in [0.15, 0.2) is 65.6 Å². The minimum absolute atomic E-state index is 0.175. The Morgan fingerprint density at radius 2 is 2.11 bits per heavy atom. The molecule has 1 saturated carbocycles. The first-order valence-electron chi connectivity index (χ1n) is 10.1. The highest BCUT2D eigenvalue weighted by Crippen LogP contribution is 2.35. The number of carbonyl (C=O) groups excluding carboxylic acids is 1. The Bertz CT molecular complexity index is 781. The summed E-state index contributed by atoms with van der Waals surface area (Å²) in [5.74, 6) is 0.473. The lowest BCUT2D eigenvalue weighted by Crippen LogP contribution is -2.22. The zero-order chi connectivity index (χ0) is 20.5. The van der Waals surface area contributed by atoms with Gasteiger partial charge in [0.2, 0.25) is 0 Å². The first-order chi connectivity index (χ1) is 13.5. The Balaban J connectivity index is 2.18. The molecule has 1 aliphatic carbocycles. The summed E-state index contributed by atoms with van der Waals surface area (Å²) in [6, 6.07) is 4.27. The summed E-state index contributed by atoms with van der Waals surface area (Å²) in [5.41, 5.74) is 5.83. The maximum atomic E-state index is 12.2. The second kappa shape index (κ2) is 10.6. The van der Waals surface area contributed by atoms with E-state index in [1.54, 1.807) is 7.05 Å². The number of hydrogen-bond donors (Lipinski definition) is 2. The van der Waals surface area contributed by atoms with E-state index in [0.29, 0.717) is 18.0 Å². The van der Waals surface area contributed by atoms with E-state index in [9.17, 15) is 4.79 Å². The van der Waals surface area contributed by atoms with Crippen LogP contribution >= 0.6 is 0 Å². The molecular weight excluding hydrogens is 346 g/mol. The fraction of sp³-hybridized carbons (Fsp3) is 0.417. The molecule has 0 aromatic carbocycles. The van der Waals surface area contributed by atoms with Crippen molar-refractivity contribution >= 4 is 5.91 Å². The lowest BCUT2D eigenvalue weighted by atomic mass is 9.82. The average Bonchev–Trinajstić information content (AvgIpc) is 2.68. The number of allylic oxidation sites excluding steroid dienone is 4. The molecule has 1 aromatic heterocycles. The number of rotatable bonds is 9. The third-order valence-corrected chi connectivity index (χ3v) is 5.36. The van der Waals surface area contributed by atoms with E-state index in [0.717, 1.165) is 23.1 Å². The zero-order valence-electron chi connectivity index (χ0n) is 17.6. The molecule has 1 aromatic rings. The molecule has 0 saturated heterocycles. The van der Waals surface area contributed by atoms with Gasteiger partial charge in [-0.05, 0) is 50.3 Å². The molecule has 1 aliphatic rings. The smallest absolute Gasteiger partial charge is 0.251 e. The molecule has 0 radical (unpaired) electrons. The van der Waals surface area contributed by atoms with Crippen LogP contribution in [0.2, 0.25) is 0 Å². The van der Waals surface area contributed by atoms with Crippen LogP contribution in [-0.4, -0.2) is 17.9 Å². The van der Waals surface area contributed by atoms with Gasteiger partial charge < -0.3 is 10.6 Å². The molecule has 150 valence electrons. The van der Waals surface area contributed by atoms with Gasteiger partial charge in [0.1, 0.15) is 0 Å². The molecule has 4 heteroatoms. The molecular formula is C24H33N3O. The number of nitrogens with one attached hydrogen (secondary N) is 2. The molecule has 1 amide bonds. The minimum Gasteiger partial charge on any atom is -0.386 e. The lowest BCUT2D eigenvalue weighted by molar-refractivity contribution is -0.116. The van der Waals surface area contributed by atoms with E-state index < -0.39 is 0 Å². The molecule has 0 spiro atoms. The number of likely N-dealkylation sites (N-methyl/N-ethyl adjacent to an activating group) is 1. The molecule has 0 aliphatic heterocycles. The predicted molar refractivity (Wildman–Crippen MR) is 117 cm³/mol. The van der Waals surface area contributed by atoms with Crippen LogP contribution in [0.25, 0.3) is 0 Å². The molecule has 1 heterocycles. The zero-order valence-corrected chi connectivity index (χ0v) is 17.6. The predicted octanol–water partition coefficient (Wildman–Crippen LogP) is 4.93. The molecule has 4 nitrogen and oxygen atoms in total. The molecule has 0 atom stereocenters. The number of pyridine rings is 1. The van der Waals surface area contributed by atoms with Crippen molar-refractivity contribution in [2.45, 2.75) is 58.9 Å². The van der Waals surface area contributed by atoms with Gasteiger partial charge in [0.05, 0.1) is 0 Å². The normalized spacial score (nSPS) is 15.8. The van der Waals surface area contributed by atoms with E-state index in [1.807, 2.05) is 31.5 Å². The lowest BCUT2D eigenvalue weighted by Gasteiger charge is -2.24. The van der Waals surface area contributed by atoms with Gasteiger partial charge in [-0.25, -0.2) is 0 Å². The Labute approximate surface area is 169 Å². The van der Waals surface area contributed by atoms with Crippen molar-refractivity contribution < 1.29 is 4.79 Å². The van der Waals surface area contributed by atoms with Crippen molar-refractivity contribution in [3.8, 4) is 0 Å². The number of hydrogen-bond acceptors (Lipinski definition) is 3. The first-order valence-corrected chi connectivity index (χ1v) is 10.1. The van der Waals surface area contributed by atoms with Gasteiger partial charge in [-0.15, -0.1) is 0 Å². The molecule has 0 bridgehead atoms. The van der Waals surface area contributed by atoms with Crippen LogP contribution in [0.3, 0.4) is 0 Å². The van der Waals surface area contributed by atoms with Crippen LogP contribution in [0.5, 0.6) is 0 Å². The highest BCUT2D eigenvalue weighted by atomic mass is 16.1. The standard InChI is InChI=1S/C24H33N3O/c1-6-9-21(17(3)7-2)22(18(4)24(28)25-5)16-26-14-19-12-13-23(27-15-19)20-10-8-11-20/h6,9,12-13,15-16,20,26H,4,7-8,10-11,14H2,1-3,5H3,(H,25,28)/b9-6-,21-17-,22-16-. The van der Waals surface area contributed by atoms with Gasteiger partial charge in [-0.2, -0.15) is 0 Å². The Hall–Kier alpha value is -2.62. The van der Waals surface area contributed by atoms with Crippen molar-refractivity contribution in [1.82, 2.24) is 15.6 Å². The van der Waals surface area contributed by atoms with Crippen molar-refractivity contribution in [2.75, 3.05) is 7.05 Å². The highest BCUT2D eigenvalue weighted by molar-refractivity contribution is 5.98. The SMILES string of the molecule is C=C(C(=O)NC)C(=C/NCc1ccc(C2CCC2)nc1)/C(/C=C\C)=C(/C)CC. The maximum Gasteiger partial charge on any atom is 0.251 e. The maximum absolute atomic E-state index is 12.2. The van der Waals surface area contributed by atoms with Gasteiger partial charge in [-0.1, -0.05) is 43.7 Å². The highest BCUT2D eigenvalue weighted by Gasteiger charge is 2.20. The summed E-state index contributed by atoms with van der Waals surface area (Å²) in [4.78, 5) is 16.8. The topological polar surface area (TPSA) is 54.0 Å². The molecule has 0 unspecified atom stereocenters. The Kier molecular flexibility index (Phi) is 8.24. The van der Waals surface area contributed by atoms with Crippen LogP contribution in [0, 0.1) is 0 Å². The van der Waals surface area contributed by atoms with E-state index in [4.69, 9.17) is 0 Å². The minimum atomic E-state index is -0.175. The third kappa shape index (κ3) is 5.44. The average molecular weight is 380 g/mol. The number of carbonyl (C=O) groups is 1. The Morgan fingerprint density at radius 1 is 1.36 bits per heavy atom. The van der Waals surface area contributed by atoms with Crippen molar-refractivity contribution in [2.24, 2.45) is 0 Å². The van der Waals surface area contributed by atoms with Gasteiger partial charge in [0.15, 0.2) is 0 Å². The summed E-state index contributed by atoms with van der Waals surface area (Å²) in [5, 5.41) is 6.02. The van der Waals surface area contributed by atoms with Crippen LogP contribution in [0.4, 0.5) is 0 Å². The summed E-state index contributed by atoms with van der Waals surface area (Å²) in [7, 11) is 1.62. The fourth-order valence-electron chi connectivity index (χ4n) is 3.18. The quantitative estimate of drug-likeness (QED) is 0.473. The number of nitrogens with zero attached hydrogens (tertiary/aromatic N) is 1. The molecule has 1 fully saturated rings. The van der Waals surface area contributed by atoms with Crippen LogP contribution in [-0.2, 0) is 11.3 Å².